The summed E-state index contributed by atoms with van der Waals surface area (Å²) >= 11 is 0. The minimum atomic E-state index is 0.219. The molecule has 4 nitrogen and oxygen atoms in total. The largest absolute Gasteiger partial charge is 0.342 e. The Kier molecular flexibility index (Phi) is 4.61. The van der Waals surface area contributed by atoms with Gasteiger partial charge in [-0.3, -0.25) is 4.79 Å². The van der Waals surface area contributed by atoms with Crippen LogP contribution in [0.5, 0.6) is 0 Å². The molecule has 20 heavy (non-hydrogen) atoms. The summed E-state index contributed by atoms with van der Waals surface area (Å²) in [4.78, 5) is 17.3. The van der Waals surface area contributed by atoms with E-state index in [0.29, 0.717) is 5.91 Å². The van der Waals surface area contributed by atoms with Crippen molar-refractivity contribution < 1.29 is 4.79 Å². The van der Waals surface area contributed by atoms with Crippen molar-refractivity contribution in [1.82, 2.24) is 9.80 Å². The Morgan fingerprint density at radius 1 is 0.900 bits per heavy atom. The van der Waals surface area contributed by atoms with Gasteiger partial charge in [-0.05, 0) is 58.0 Å². The van der Waals surface area contributed by atoms with E-state index in [-0.39, 0.29) is 12.0 Å². The van der Waals surface area contributed by atoms with E-state index in [1.54, 1.807) is 0 Å². The fraction of sp³-hybridized carbons (Fsp3) is 0.938. The van der Waals surface area contributed by atoms with E-state index >= 15 is 0 Å². The van der Waals surface area contributed by atoms with Crippen LogP contribution >= 0.6 is 0 Å². The van der Waals surface area contributed by atoms with Crippen molar-refractivity contribution in [3.63, 3.8) is 0 Å². The first kappa shape index (κ1) is 14.3. The molecule has 1 saturated carbocycles. The molecule has 2 aliphatic heterocycles. The molecule has 3 fully saturated rings. The van der Waals surface area contributed by atoms with Gasteiger partial charge in [0.2, 0.25) is 5.91 Å². The average molecular weight is 279 g/mol. The molecule has 3 aliphatic rings. The van der Waals surface area contributed by atoms with Crippen LogP contribution in [0.3, 0.4) is 0 Å². The highest BCUT2D eigenvalue weighted by atomic mass is 16.2. The molecule has 114 valence electrons. The molecule has 0 radical (unpaired) electrons. The van der Waals surface area contributed by atoms with E-state index in [2.05, 4.69) is 9.80 Å². The summed E-state index contributed by atoms with van der Waals surface area (Å²) in [5, 5.41) is 0. The van der Waals surface area contributed by atoms with Crippen molar-refractivity contribution in [3.8, 4) is 0 Å². The quantitative estimate of drug-likeness (QED) is 0.835. The van der Waals surface area contributed by atoms with E-state index in [1.807, 2.05) is 0 Å². The second-order valence-electron chi connectivity index (χ2n) is 6.92. The van der Waals surface area contributed by atoms with Gasteiger partial charge in [-0.15, -0.1) is 0 Å². The molecular weight excluding hydrogens is 250 g/mol. The Morgan fingerprint density at radius 2 is 1.60 bits per heavy atom. The highest BCUT2D eigenvalue weighted by Gasteiger charge is 2.33. The fourth-order valence-corrected chi connectivity index (χ4v) is 4.23. The van der Waals surface area contributed by atoms with E-state index in [9.17, 15) is 4.79 Å². The highest BCUT2D eigenvalue weighted by molar-refractivity contribution is 5.79. The maximum Gasteiger partial charge on any atom is 0.225 e. The van der Waals surface area contributed by atoms with Crippen LogP contribution in [0.15, 0.2) is 0 Å². The zero-order valence-corrected chi connectivity index (χ0v) is 12.6. The summed E-state index contributed by atoms with van der Waals surface area (Å²) in [6, 6.07) is 0.986. The van der Waals surface area contributed by atoms with Crippen molar-refractivity contribution in [2.45, 2.75) is 63.5 Å². The van der Waals surface area contributed by atoms with Gasteiger partial charge in [-0.2, -0.15) is 0 Å². The van der Waals surface area contributed by atoms with Gasteiger partial charge in [0.05, 0.1) is 0 Å². The van der Waals surface area contributed by atoms with Crippen molar-refractivity contribution in [3.05, 3.63) is 0 Å². The lowest BCUT2D eigenvalue weighted by atomic mass is 9.98. The van der Waals surface area contributed by atoms with Gasteiger partial charge < -0.3 is 15.5 Å². The number of amides is 1. The standard InChI is InChI=1S/C16H29N3O/c17-14-5-4-13(12-14)16(20)19-10-6-15(7-11-19)18-8-2-1-3-9-18/h13-15H,1-12,17H2. The van der Waals surface area contributed by atoms with Crippen LogP contribution in [0.4, 0.5) is 0 Å². The molecule has 1 aliphatic carbocycles. The maximum atomic E-state index is 12.5. The summed E-state index contributed by atoms with van der Waals surface area (Å²) in [7, 11) is 0. The molecule has 2 heterocycles. The van der Waals surface area contributed by atoms with Crippen LogP contribution in [0.1, 0.15) is 51.4 Å². The zero-order chi connectivity index (χ0) is 13.9. The first-order chi connectivity index (χ1) is 9.74. The Labute approximate surface area is 122 Å². The number of carbonyl (C=O) groups is 1. The number of carbonyl (C=O) groups excluding carboxylic acids is 1. The van der Waals surface area contributed by atoms with Crippen molar-refractivity contribution in [1.29, 1.82) is 0 Å². The molecular formula is C16H29N3O. The summed E-state index contributed by atoms with van der Waals surface area (Å²) in [6.45, 7) is 4.48. The Hall–Kier alpha value is -0.610. The lowest BCUT2D eigenvalue weighted by Crippen LogP contribution is -2.49. The lowest BCUT2D eigenvalue weighted by Gasteiger charge is -2.40. The number of hydrogen-bond acceptors (Lipinski definition) is 3. The topological polar surface area (TPSA) is 49.6 Å². The molecule has 2 unspecified atom stereocenters. The lowest BCUT2D eigenvalue weighted by molar-refractivity contribution is -0.137. The van der Waals surface area contributed by atoms with Crippen LogP contribution in [-0.4, -0.2) is 54.0 Å². The minimum absolute atomic E-state index is 0.219. The van der Waals surface area contributed by atoms with Crippen molar-refractivity contribution in [2.24, 2.45) is 11.7 Å². The molecule has 0 aromatic rings. The molecule has 0 aromatic carbocycles. The number of nitrogens with two attached hydrogens (primary N) is 1. The molecule has 4 heteroatoms. The van der Waals surface area contributed by atoms with Crippen LogP contribution < -0.4 is 5.73 Å². The number of rotatable bonds is 2. The first-order valence-electron chi connectivity index (χ1n) is 8.52. The van der Waals surface area contributed by atoms with E-state index in [4.69, 9.17) is 5.73 Å². The minimum Gasteiger partial charge on any atom is -0.342 e. The second kappa shape index (κ2) is 6.44. The second-order valence-corrected chi connectivity index (χ2v) is 6.92. The van der Waals surface area contributed by atoms with Gasteiger partial charge in [0.25, 0.3) is 0 Å². The van der Waals surface area contributed by atoms with Gasteiger partial charge in [0, 0.05) is 31.1 Å². The van der Waals surface area contributed by atoms with Crippen molar-refractivity contribution >= 4 is 5.91 Å². The average Bonchev–Trinajstić information content (AvgIpc) is 2.94. The zero-order valence-electron chi connectivity index (χ0n) is 12.6. The summed E-state index contributed by atoms with van der Waals surface area (Å²) in [5.74, 6) is 0.603. The smallest absolute Gasteiger partial charge is 0.225 e. The van der Waals surface area contributed by atoms with Gasteiger partial charge >= 0.3 is 0 Å². The van der Waals surface area contributed by atoms with Crippen molar-refractivity contribution in [2.75, 3.05) is 26.2 Å². The van der Waals surface area contributed by atoms with E-state index < -0.39 is 0 Å². The molecule has 2 N–H and O–H groups in total. The van der Waals surface area contributed by atoms with Crippen LogP contribution in [0.25, 0.3) is 0 Å². The number of nitrogens with zero attached hydrogens (tertiary/aromatic N) is 2. The molecule has 0 bridgehead atoms. The number of likely N-dealkylation sites (tertiary alicyclic amines) is 2. The van der Waals surface area contributed by atoms with E-state index in [1.165, 1.54) is 45.2 Å². The summed E-state index contributed by atoms with van der Waals surface area (Å²) in [6.07, 6.45) is 9.40. The molecule has 2 atom stereocenters. The third kappa shape index (κ3) is 3.17. The van der Waals surface area contributed by atoms with Gasteiger partial charge in [-0.1, -0.05) is 6.42 Å². The van der Waals surface area contributed by atoms with Gasteiger partial charge in [0.15, 0.2) is 0 Å². The molecule has 3 rings (SSSR count). The summed E-state index contributed by atoms with van der Waals surface area (Å²) < 4.78 is 0. The third-order valence-corrected chi connectivity index (χ3v) is 5.51. The predicted octanol–water partition coefficient (Wildman–Crippen LogP) is 1.59. The first-order valence-corrected chi connectivity index (χ1v) is 8.52. The normalized spacial score (nSPS) is 33.5. The number of piperidine rings is 2. The van der Waals surface area contributed by atoms with Crippen LogP contribution in [-0.2, 0) is 4.79 Å². The van der Waals surface area contributed by atoms with Gasteiger partial charge in [-0.25, -0.2) is 0 Å². The molecule has 2 saturated heterocycles. The maximum absolute atomic E-state index is 12.5. The summed E-state index contributed by atoms with van der Waals surface area (Å²) in [5.41, 5.74) is 5.93. The van der Waals surface area contributed by atoms with Gasteiger partial charge in [0.1, 0.15) is 0 Å². The Balaban J connectivity index is 1.47. The van der Waals surface area contributed by atoms with Crippen LogP contribution in [0.2, 0.25) is 0 Å². The molecule has 0 aromatic heterocycles. The third-order valence-electron chi connectivity index (χ3n) is 5.51. The molecule has 1 amide bonds. The number of hydrogen-bond donors (Lipinski definition) is 1. The monoisotopic (exact) mass is 279 g/mol. The van der Waals surface area contributed by atoms with E-state index in [0.717, 1.165) is 38.4 Å². The predicted molar refractivity (Wildman–Crippen MR) is 80.3 cm³/mol. The highest BCUT2D eigenvalue weighted by Crippen LogP contribution is 2.28. The molecule has 0 spiro atoms. The van der Waals surface area contributed by atoms with Crippen LogP contribution in [0, 0.1) is 5.92 Å². The Morgan fingerprint density at radius 3 is 2.20 bits per heavy atom. The fourth-order valence-electron chi connectivity index (χ4n) is 4.23. The Bertz CT molecular complexity index is 333. The SMILES string of the molecule is NC1CCC(C(=O)N2CCC(N3CCCCC3)CC2)C1.